The topological polar surface area (TPSA) is 60.5 Å². The molecule has 2 aromatic carbocycles. The van der Waals surface area contributed by atoms with Crippen molar-refractivity contribution in [1.29, 1.82) is 0 Å². The van der Waals surface area contributed by atoms with Crippen LogP contribution in [0.5, 0.6) is 11.5 Å². The lowest BCUT2D eigenvalue weighted by molar-refractivity contribution is -0.127. The number of amides is 1. The summed E-state index contributed by atoms with van der Waals surface area (Å²) in [5.74, 6) is 1.49. The number of para-hydroxylation sites is 1. The summed E-state index contributed by atoms with van der Waals surface area (Å²) in [5, 5.41) is 2.94. The molecule has 1 aromatic heterocycles. The van der Waals surface area contributed by atoms with Gasteiger partial charge in [-0.05, 0) is 35.4 Å². The van der Waals surface area contributed by atoms with E-state index in [-0.39, 0.29) is 5.91 Å². The number of hydrogen-bond acceptors (Lipinski definition) is 4. The van der Waals surface area contributed by atoms with Gasteiger partial charge in [0, 0.05) is 30.9 Å². The van der Waals surface area contributed by atoms with Crippen LogP contribution in [-0.2, 0) is 24.4 Å². The van der Waals surface area contributed by atoms with Gasteiger partial charge in [0.05, 0.1) is 0 Å². The number of aromatic nitrogens is 1. The van der Waals surface area contributed by atoms with E-state index in [0.29, 0.717) is 19.6 Å². The highest BCUT2D eigenvalue weighted by molar-refractivity contribution is 5.82. The Kier molecular flexibility index (Phi) is 5.01. The number of nitrogens with one attached hydrogen (secondary N) is 1. The Hall–Kier alpha value is -3.34. The Labute approximate surface area is 158 Å². The first-order valence-corrected chi connectivity index (χ1v) is 8.91. The van der Waals surface area contributed by atoms with Crippen LogP contribution in [-0.4, -0.2) is 17.0 Å². The molecule has 5 nitrogen and oxygen atoms in total. The molecule has 0 saturated carbocycles. The number of fused-ring (bicyclic) bond motifs is 1. The Bertz CT molecular complexity index is 885. The standard InChI is InChI=1S/C22H20N2O3/c25-22(21-12-18-5-1-2-6-20(18)27-21)24-14-16-7-9-19(10-8-16)26-15-17-4-3-11-23-13-17/h1-11,13,21H,12,14-15H2,(H,24,25). The molecule has 2 heterocycles. The van der Waals surface area contributed by atoms with E-state index in [0.717, 1.165) is 28.2 Å². The highest BCUT2D eigenvalue weighted by Crippen LogP contribution is 2.28. The second kappa shape index (κ2) is 7.91. The summed E-state index contributed by atoms with van der Waals surface area (Å²) in [7, 11) is 0. The highest BCUT2D eigenvalue weighted by atomic mass is 16.5. The summed E-state index contributed by atoms with van der Waals surface area (Å²) in [6.45, 7) is 0.932. The van der Waals surface area contributed by atoms with Crippen LogP contribution in [0.1, 0.15) is 16.7 Å². The fourth-order valence-corrected chi connectivity index (χ4v) is 2.99. The van der Waals surface area contributed by atoms with Gasteiger partial charge in [0.1, 0.15) is 18.1 Å². The van der Waals surface area contributed by atoms with Gasteiger partial charge in [0.2, 0.25) is 0 Å². The summed E-state index contributed by atoms with van der Waals surface area (Å²) in [4.78, 5) is 16.4. The molecule has 0 saturated heterocycles. The van der Waals surface area contributed by atoms with E-state index in [1.54, 1.807) is 12.4 Å². The fourth-order valence-electron chi connectivity index (χ4n) is 2.99. The van der Waals surface area contributed by atoms with Gasteiger partial charge in [-0.1, -0.05) is 36.4 Å². The summed E-state index contributed by atoms with van der Waals surface area (Å²) in [6.07, 6.45) is 3.68. The molecule has 0 radical (unpaired) electrons. The molecule has 27 heavy (non-hydrogen) atoms. The Morgan fingerprint density at radius 2 is 1.93 bits per heavy atom. The van der Waals surface area contributed by atoms with Crippen LogP contribution in [0.15, 0.2) is 73.1 Å². The molecule has 136 valence electrons. The van der Waals surface area contributed by atoms with Crippen molar-refractivity contribution in [2.75, 3.05) is 0 Å². The number of hydrogen-bond donors (Lipinski definition) is 1. The third-order valence-corrected chi connectivity index (χ3v) is 4.46. The quantitative estimate of drug-likeness (QED) is 0.733. The molecule has 1 aliphatic rings. The van der Waals surface area contributed by atoms with Crippen LogP contribution in [0, 0.1) is 0 Å². The van der Waals surface area contributed by atoms with Crippen LogP contribution >= 0.6 is 0 Å². The van der Waals surface area contributed by atoms with Crippen LogP contribution in [0.3, 0.4) is 0 Å². The van der Waals surface area contributed by atoms with Crippen LogP contribution in [0.4, 0.5) is 0 Å². The maximum absolute atomic E-state index is 12.3. The van der Waals surface area contributed by atoms with Crippen molar-refractivity contribution in [1.82, 2.24) is 10.3 Å². The van der Waals surface area contributed by atoms with E-state index in [2.05, 4.69) is 10.3 Å². The van der Waals surface area contributed by atoms with E-state index in [1.807, 2.05) is 60.7 Å². The molecular weight excluding hydrogens is 340 g/mol. The molecule has 0 fully saturated rings. The lowest BCUT2D eigenvalue weighted by Gasteiger charge is -2.12. The average molecular weight is 360 g/mol. The van der Waals surface area contributed by atoms with Crippen molar-refractivity contribution in [2.24, 2.45) is 0 Å². The van der Waals surface area contributed by atoms with Gasteiger partial charge in [0.15, 0.2) is 6.10 Å². The normalized spacial score (nSPS) is 14.9. The minimum atomic E-state index is -0.454. The number of carbonyl (C=O) groups is 1. The number of rotatable bonds is 6. The molecule has 1 amide bonds. The van der Waals surface area contributed by atoms with Gasteiger partial charge in [-0.2, -0.15) is 0 Å². The van der Waals surface area contributed by atoms with Gasteiger partial charge >= 0.3 is 0 Å². The predicted molar refractivity (Wildman–Crippen MR) is 101 cm³/mol. The monoisotopic (exact) mass is 360 g/mol. The zero-order valence-corrected chi connectivity index (χ0v) is 14.8. The van der Waals surface area contributed by atoms with Crippen molar-refractivity contribution in [3.05, 3.63) is 89.7 Å². The number of carbonyl (C=O) groups excluding carboxylic acids is 1. The van der Waals surface area contributed by atoms with Crippen molar-refractivity contribution in [2.45, 2.75) is 25.7 Å². The molecule has 1 unspecified atom stereocenters. The molecular formula is C22H20N2O3. The first kappa shape index (κ1) is 17.1. The number of benzene rings is 2. The summed E-state index contributed by atoms with van der Waals surface area (Å²) in [6, 6.07) is 19.3. The first-order valence-electron chi connectivity index (χ1n) is 8.91. The third-order valence-electron chi connectivity index (χ3n) is 4.46. The van der Waals surface area contributed by atoms with E-state index < -0.39 is 6.10 Å². The van der Waals surface area contributed by atoms with Crippen molar-refractivity contribution < 1.29 is 14.3 Å². The molecule has 3 aromatic rings. The molecule has 0 bridgehead atoms. The van der Waals surface area contributed by atoms with Crippen LogP contribution in [0.2, 0.25) is 0 Å². The molecule has 0 aliphatic carbocycles. The van der Waals surface area contributed by atoms with Crippen molar-refractivity contribution in [3.8, 4) is 11.5 Å². The zero-order valence-electron chi connectivity index (χ0n) is 14.8. The van der Waals surface area contributed by atoms with Gasteiger partial charge in [0.25, 0.3) is 5.91 Å². The van der Waals surface area contributed by atoms with Crippen molar-refractivity contribution in [3.63, 3.8) is 0 Å². The second-order valence-electron chi connectivity index (χ2n) is 6.43. The van der Waals surface area contributed by atoms with Gasteiger partial charge < -0.3 is 14.8 Å². The van der Waals surface area contributed by atoms with Gasteiger partial charge in [-0.3, -0.25) is 9.78 Å². The second-order valence-corrected chi connectivity index (χ2v) is 6.43. The van der Waals surface area contributed by atoms with E-state index in [9.17, 15) is 4.79 Å². The number of ether oxygens (including phenoxy) is 2. The zero-order chi connectivity index (χ0) is 18.5. The van der Waals surface area contributed by atoms with Crippen molar-refractivity contribution >= 4 is 5.91 Å². The lowest BCUT2D eigenvalue weighted by Crippen LogP contribution is -2.36. The first-order chi connectivity index (χ1) is 13.3. The molecule has 1 atom stereocenters. The maximum Gasteiger partial charge on any atom is 0.261 e. The number of pyridine rings is 1. The molecule has 1 aliphatic heterocycles. The van der Waals surface area contributed by atoms with Gasteiger partial charge in [-0.15, -0.1) is 0 Å². The van der Waals surface area contributed by atoms with Gasteiger partial charge in [-0.25, -0.2) is 0 Å². The fraction of sp³-hybridized carbons (Fsp3) is 0.182. The Morgan fingerprint density at radius 3 is 2.70 bits per heavy atom. The summed E-state index contributed by atoms with van der Waals surface area (Å²) >= 11 is 0. The lowest BCUT2D eigenvalue weighted by atomic mass is 10.1. The summed E-state index contributed by atoms with van der Waals surface area (Å²) in [5.41, 5.74) is 3.10. The maximum atomic E-state index is 12.3. The predicted octanol–water partition coefficient (Wildman–Crippen LogP) is 3.28. The smallest absolute Gasteiger partial charge is 0.261 e. The van der Waals surface area contributed by atoms with Crippen LogP contribution < -0.4 is 14.8 Å². The third kappa shape index (κ3) is 4.26. The molecule has 0 spiro atoms. The number of nitrogens with zero attached hydrogens (tertiary/aromatic N) is 1. The van der Waals surface area contributed by atoms with E-state index >= 15 is 0 Å². The average Bonchev–Trinajstić information content (AvgIpc) is 3.16. The molecule has 1 N–H and O–H groups in total. The van der Waals surface area contributed by atoms with E-state index in [4.69, 9.17) is 9.47 Å². The SMILES string of the molecule is O=C(NCc1ccc(OCc2cccnc2)cc1)C1Cc2ccccc2O1. The largest absolute Gasteiger partial charge is 0.489 e. The Balaban J connectivity index is 1.26. The van der Waals surface area contributed by atoms with Crippen LogP contribution in [0.25, 0.3) is 0 Å². The minimum Gasteiger partial charge on any atom is -0.489 e. The highest BCUT2D eigenvalue weighted by Gasteiger charge is 2.28. The summed E-state index contributed by atoms with van der Waals surface area (Å²) < 4.78 is 11.5. The van der Waals surface area contributed by atoms with E-state index in [1.165, 1.54) is 0 Å². The minimum absolute atomic E-state index is 0.0943. The molecule has 4 rings (SSSR count). The molecule has 5 heteroatoms. The Morgan fingerprint density at radius 1 is 1.07 bits per heavy atom.